The number of fused-ring (bicyclic) bond motifs is 1. The molecule has 0 aliphatic carbocycles. The summed E-state index contributed by atoms with van der Waals surface area (Å²) >= 11 is 0. The number of aliphatic hydroxyl groups is 1. The minimum absolute atomic E-state index is 0.154. The number of rotatable bonds is 2. The van der Waals surface area contributed by atoms with Gasteiger partial charge in [-0.2, -0.15) is 5.26 Å². The van der Waals surface area contributed by atoms with E-state index >= 15 is 0 Å². The summed E-state index contributed by atoms with van der Waals surface area (Å²) in [4.78, 5) is 17.3. The van der Waals surface area contributed by atoms with Gasteiger partial charge < -0.3 is 15.2 Å². The Kier molecular flexibility index (Phi) is 2.31. The number of nitrogens with zero attached hydrogens (tertiary/aromatic N) is 2. The van der Waals surface area contributed by atoms with Gasteiger partial charge in [-0.25, -0.2) is 9.78 Å². The van der Waals surface area contributed by atoms with Crippen LogP contribution in [-0.2, 0) is 4.79 Å². The molecule has 16 heavy (non-hydrogen) atoms. The molecular formula is C10H7N3O3. The fourth-order valence-electron chi connectivity index (χ4n) is 1.46. The Balaban J connectivity index is 2.65. The molecule has 0 saturated heterocycles. The van der Waals surface area contributed by atoms with Crippen LogP contribution in [0.4, 0.5) is 0 Å². The van der Waals surface area contributed by atoms with E-state index in [0.717, 1.165) is 0 Å². The molecule has 1 aromatic heterocycles. The van der Waals surface area contributed by atoms with Crippen molar-refractivity contribution >= 4 is 17.0 Å². The summed E-state index contributed by atoms with van der Waals surface area (Å²) in [7, 11) is 0. The number of carboxylic acids is 1. The molecule has 0 amide bonds. The summed E-state index contributed by atoms with van der Waals surface area (Å²) in [6.45, 7) is 0. The van der Waals surface area contributed by atoms with Crippen LogP contribution in [0.1, 0.15) is 17.2 Å². The summed E-state index contributed by atoms with van der Waals surface area (Å²) in [6, 6.07) is 4.69. The van der Waals surface area contributed by atoms with Gasteiger partial charge in [0.05, 0.1) is 17.4 Å². The second-order valence-corrected chi connectivity index (χ2v) is 3.22. The maximum absolute atomic E-state index is 10.6. The summed E-state index contributed by atoms with van der Waals surface area (Å²) in [5, 5.41) is 26.9. The largest absolute Gasteiger partial charge is 0.479 e. The van der Waals surface area contributed by atoms with E-state index in [-0.39, 0.29) is 11.1 Å². The van der Waals surface area contributed by atoms with Crippen LogP contribution in [0.15, 0.2) is 18.5 Å². The van der Waals surface area contributed by atoms with E-state index in [1.54, 1.807) is 0 Å². The number of carbonyl (C=O) groups is 1. The predicted molar refractivity (Wildman–Crippen MR) is 53.4 cm³/mol. The average Bonchev–Trinajstić information content (AvgIpc) is 2.74. The molecule has 0 radical (unpaired) electrons. The zero-order chi connectivity index (χ0) is 11.7. The van der Waals surface area contributed by atoms with E-state index in [9.17, 15) is 9.90 Å². The minimum Gasteiger partial charge on any atom is -0.479 e. The molecule has 6 heteroatoms. The van der Waals surface area contributed by atoms with Crippen molar-refractivity contribution in [1.29, 1.82) is 5.26 Å². The third kappa shape index (κ3) is 1.49. The number of nitriles is 1. The first-order valence-corrected chi connectivity index (χ1v) is 4.41. The molecule has 0 spiro atoms. The highest BCUT2D eigenvalue weighted by molar-refractivity contribution is 5.84. The minimum atomic E-state index is -1.64. The van der Waals surface area contributed by atoms with Gasteiger partial charge in [0.25, 0.3) is 0 Å². The van der Waals surface area contributed by atoms with Gasteiger partial charge in [0.1, 0.15) is 11.6 Å². The first kappa shape index (κ1) is 10.1. The van der Waals surface area contributed by atoms with Gasteiger partial charge in [-0.3, -0.25) is 0 Å². The monoisotopic (exact) mass is 217 g/mol. The number of benzene rings is 1. The maximum Gasteiger partial charge on any atom is 0.337 e. The second kappa shape index (κ2) is 3.64. The average molecular weight is 217 g/mol. The van der Waals surface area contributed by atoms with Gasteiger partial charge in [-0.15, -0.1) is 0 Å². The molecule has 2 aromatic rings. The van der Waals surface area contributed by atoms with E-state index in [0.29, 0.717) is 11.0 Å². The molecule has 80 valence electrons. The molecule has 3 N–H and O–H groups in total. The Morgan fingerprint density at radius 2 is 2.31 bits per heavy atom. The zero-order valence-electron chi connectivity index (χ0n) is 8.01. The molecular weight excluding hydrogens is 210 g/mol. The van der Waals surface area contributed by atoms with Crippen LogP contribution in [0.5, 0.6) is 0 Å². The number of hydrogen-bond acceptors (Lipinski definition) is 4. The predicted octanol–water partition coefficient (Wildman–Crippen LogP) is 0.553. The van der Waals surface area contributed by atoms with Gasteiger partial charge in [-0.05, 0) is 17.7 Å². The molecule has 0 fully saturated rings. The molecule has 6 nitrogen and oxygen atoms in total. The number of hydrogen-bond donors (Lipinski definition) is 3. The molecule has 1 unspecified atom stereocenters. The summed E-state index contributed by atoms with van der Waals surface area (Å²) < 4.78 is 0. The van der Waals surface area contributed by atoms with Gasteiger partial charge in [0.15, 0.2) is 6.10 Å². The third-order valence-electron chi connectivity index (χ3n) is 2.22. The Hall–Kier alpha value is -2.39. The second-order valence-electron chi connectivity index (χ2n) is 3.22. The van der Waals surface area contributed by atoms with E-state index in [4.69, 9.17) is 10.4 Å². The van der Waals surface area contributed by atoms with Crippen LogP contribution in [0.3, 0.4) is 0 Å². The first-order chi connectivity index (χ1) is 7.63. The highest BCUT2D eigenvalue weighted by Crippen LogP contribution is 2.21. The van der Waals surface area contributed by atoms with Crippen molar-refractivity contribution in [3.63, 3.8) is 0 Å². The molecule has 1 aromatic carbocycles. The molecule has 0 aliphatic heterocycles. The number of aromatic amines is 1. The topological polar surface area (TPSA) is 110 Å². The number of aliphatic hydroxyl groups excluding tert-OH is 1. The molecule has 0 aliphatic rings. The van der Waals surface area contributed by atoms with Crippen molar-refractivity contribution in [2.45, 2.75) is 6.10 Å². The van der Waals surface area contributed by atoms with E-state index in [1.165, 1.54) is 18.5 Å². The molecule has 1 atom stereocenters. The lowest BCUT2D eigenvalue weighted by atomic mass is 10.0. The van der Waals surface area contributed by atoms with Crippen molar-refractivity contribution < 1.29 is 15.0 Å². The number of aromatic nitrogens is 2. The maximum atomic E-state index is 10.6. The highest BCUT2D eigenvalue weighted by Gasteiger charge is 2.18. The number of nitrogens with one attached hydrogen (secondary N) is 1. The Morgan fingerprint density at radius 1 is 1.56 bits per heavy atom. The summed E-state index contributed by atoms with van der Waals surface area (Å²) in [5.74, 6) is -1.36. The van der Waals surface area contributed by atoms with Crippen LogP contribution < -0.4 is 0 Å². The first-order valence-electron chi connectivity index (χ1n) is 4.41. The van der Waals surface area contributed by atoms with Gasteiger partial charge >= 0.3 is 5.97 Å². The van der Waals surface area contributed by atoms with Gasteiger partial charge in [-0.1, -0.05) is 0 Å². The Bertz CT molecular complexity index is 597. The lowest BCUT2D eigenvalue weighted by Crippen LogP contribution is -2.10. The van der Waals surface area contributed by atoms with E-state index in [1.807, 2.05) is 6.07 Å². The zero-order valence-corrected chi connectivity index (χ0v) is 8.01. The van der Waals surface area contributed by atoms with Crippen LogP contribution in [0.25, 0.3) is 11.0 Å². The normalized spacial score (nSPS) is 12.2. The van der Waals surface area contributed by atoms with Crippen molar-refractivity contribution in [2.24, 2.45) is 0 Å². The van der Waals surface area contributed by atoms with Crippen molar-refractivity contribution in [3.8, 4) is 6.07 Å². The van der Waals surface area contributed by atoms with Crippen LogP contribution in [-0.4, -0.2) is 26.2 Å². The van der Waals surface area contributed by atoms with Crippen LogP contribution in [0, 0.1) is 11.3 Å². The molecule has 1 heterocycles. The van der Waals surface area contributed by atoms with Gasteiger partial charge in [0, 0.05) is 0 Å². The summed E-state index contributed by atoms with van der Waals surface area (Å²) in [6.07, 6.45) is -0.234. The number of carboxylic acid groups (broad SMARTS) is 1. The van der Waals surface area contributed by atoms with Crippen molar-refractivity contribution in [3.05, 3.63) is 29.6 Å². The van der Waals surface area contributed by atoms with Crippen LogP contribution >= 0.6 is 0 Å². The Labute approximate surface area is 89.8 Å². The van der Waals surface area contributed by atoms with Crippen molar-refractivity contribution in [2.75, 3.05) is 0 Å². The summed E-state index contributed by atoms with van der Waals surface area (Å²) in [5.41, 5.74) is 1.37. The Morgan fingerprint density at radius 3 is 2.94 bits per heavy atom. The number of H-pyrrole nitrogens is 1. The third-order valence-corrected chi connectivity index (χ3v) is 2.22. The molecule has 2 rings (SSSR count). The smallest absolute Gasteiger partial charge is 0.337 e. The van der Waals surface area contributed by atoms with E-state index in [2.05, 4.69) is 9.97 Å². The lowest BCUT2D eigenvalue weighted by molar-refractivity contribution is -0.146. The van der Waals surface area contributed by atoms with Crippen molar-refractivity contribution in [1.82, 2.24) is 9.97 Å². The fraction of sp³-hybridized carbons (Fsp3) is 0.100. The van der Waals surface area contributed by atoms with Crippen LogP contribution in [0.2, 0.25) is 0 Å². The number of aliphatic carboxylic acids is 1. The van der Waals surface area contributed by atoms with E-state index < -0.39 is 12.1 Å². The highest BCUT2D eigenvalue weighted by atomic mass is 16.4. The lowest BCUT2D eigenvalue weighted by Gasteiger charge is -2.06. The SMILES string of the molecule is N#Cc1cc(C(O)C(=O)O)cc2[nH]cnc12. The standard InChI is InChI=1S/C10H7N3O3/c11-3-6-1-5(9(14)10(15)16)2-7-8(6)13-4-12-7/h1-2,4,9,14H,(H,12,13)(H,15,16). The van der Waals surface area contributed by atoms with Gasteiger partial charge in [0.2, 0.25) is 0 Å². The molecule has 0 saturated carbocycles. The quantitative estimate of drug-likeness (QED) is 0.680. The fourth-order valence-corrected chi connectivity index (χ4v) is 1.46. The number of imidazole rings is 1. The molecule has 0 bridgehead atoms.